The zero-order valence-electron chi connectivity index (χ0n) is 3.38. The number of rotatable bonds is 0. The van der Waals surface area contributed by atoms with E-state index in [2.05, 4.69) is 11.8 Å². The van der Waals surface area contributed by atoms with E-state index in [1.807, 2.05) is 0 Å². The molecule has 0 unspecified atom stereocenters. The number of nitrogens with one attached hydrogen (secondary N) is 1. The van der Waals surface area contributed by atoms with Gasteiger partial charge in [0.25, 0.3) is 0 Å². The predicted molar refractivity (Wildman–Crippen MR) is 21.0 cm³/mol. The molecule has 0 aromatic carbocycles. The zero-order valence-corrected chi connectivity index (χ0v) is 6.13. The Labute approximate surface area is 63.0 Å². The molecule has 0 aromatic heterocycles. The van der Waals surface area contributed by atoms with Crippen LogP contribution in [0.15, 0.2) is 0 Å². The van der Waals surface area contributed by atoms with Crippen molar-refractivity contribution in [3.05, 3.63) is 5.25 Å². The molecule has 0 spiro atoms. The minimum atomic E-state index is 0. The van der Waals surface area contributed by atoms with Gasteiger partial charge in [-0.1, -0.05) is 0 Å². The molecular weight excluding hydrogens is 120 g/mol. The van der Waals surface area contributed by atoms with Crippen molar-refractivity contribution in [1.82, 2.24) is 0 Å². The Balaban J connectivity index is -0.000000000833. The van der Waals surface area contributed by atoms with E-state index < -0.39 is 0 Å². The molecule has 0 radical (unpaired) electrons. The molecular formula is H7ClNNaO3. The number of hydrogen-bond acceptors (Lipinski definition) is 0. The third-order valence-electron chi connectivity index (χ3n) is 0. The summed E-state index contributed by atoms with van der Waals surface area (Å²) >= 11 is 3.89. The second-order valence-electron chi connectivity index (χ2n) is 0. The second kappa shape index (κ2) is 126. The number of halogens is 1. The first-order valence-electron chi connectivity index (χ1n) is 0.189. The van der Waals surface area contributed by atoms with Crippen LogP contribution in [0.25, 0.3) is 5.25 Å². The summed E-state index contributed by atoms with van der Waals surface area (Å²) < 4.78 is 0. The molecule has 0 aliphatic carbocycles. The van der Waals surface area contributed by atoms with Gasteiger partial charge in [-0.25, -0.2) is 0 Å². The molecule has 0 bridgehead atoms. The smallest absolute Gasteiger partial charge is 0.590 e. The average Bonchev–Trinajstić information content (AvgIpc) is 1.00. The van der Waals surface area contributed by atoms with Gasteiger partial charge in [0.2, 0.25) is 0 Å². The molecule has 0 fully saturated rings. The van der Waals surface area contributed by atoms with Crippen LogP contribution in [0.4, 0.5) is 0 Å². The maximum absolute atomic E-state index is 5.22. The second-order valence-corrected chi connectivity index (χ2v) is 0. The van der Waals surface area contributed by atoms with Crippen molar-refractivity contribution >= 4 is 11.8 Å². The van der Waals surface area contributed by atoms with Gasteiger partial charge in [-0.3, -0.25) is 11.8 Å². The average molecular weight is 128 g/mol. The Morgan fingerprint density at radius 3 is 0.833 bits per heavy atom. The summed E-state index contributed by atoms with van der Waals surface area (Å²) in [6.45, 7) is 0. The summed E-state index contributed by atoms with van der Waals surface area (Å²) in [5, 5.41) is 5.22. The van der Waals surface area contributed by atoms with Gasteiger partial charge in [0.05, 0.1) is 0 Å². The van der Waals surface area contributed by atoms with Gasteiger partial charge in [0.15, 0.2) is 0 Å². The first-order chi connectivity index (χ1) is 1.00. The van der Waals surface area contributed by atoms with E-state index in [4.69, 9.17) is 5.25 Å². The Morgan fingerprint density at radius 1 is 0.833 bits per heavy atom. The van der Waals surface area contributed by atoms with Crippen molar-refractivity contribution in [2.75, 3.05) is 0 Å². The third-order valence-corrected chi connectivity index (χ3v) is 0. The Hall–Kier alpha value is 1.13. The van der Waals surface area contributed by atoms with Crippen LogP contribution >= 0.6 is 11.8 Å². The van der Waals surface area contributed by atoms with E-state index in [1.54, 1.807) is 0 Å². The summed E-state index contributed by atoms with van der Waals surface area (Å²) in [5.74, 6) is 0. The van der Waals surface area contributed by atoms with Crippen LogP contribution in [0, 0.1) is 0 Å². The van der Waals surface area contributed by atoms with Gasteiger partial charge in [-0.05, 0) is 0 Å². The Morgan fingerprint density at radius 2 is 0.833 bits per heavy atom. The molecule has 0 rings (SSSR count). The molecule has 0 aromatic rings. The first kappa shape index (κ1) is 59.1. The van der Waals surface area contributed by atoms with Crippen LogP contribution in [-0.2, 0) is 0 Å². The van der Waals surface area contributed by atoms with Crippen molar-refractivity contribution in [1.29, 1.82) is 0 Å². The zero-order chi connectivity index (χ0) is 2.00. The molecule has 0 aliphatic rings. The van der Waals surface area contributed by atoms with Crippen molar-refractivity contribution in [3.8, 4) is 0 Å². The Kier molecular flexibility index (Phi) is 1240. The fraction of sp³-hybridized carbons (Fsp3) is 0. The fourth-order valence-corrected chi connectivity index (χ4v) is 0. The fourth-order valence-electron chi connectivity index (χ4n) is 0. The minimum Gasteiger partial charge on any atom is -0.590 e. The van der Waals surface area contributed by atoms with Crippen LogP contribution in [0.5, 0.6) is 0 Å². The molecule has 7 N–H and O–H groups in total. The van der Waals surface area contributed by atoms with Crippen molar-refractivity contribution in [2.24, 2.45) is 0 Å². The van der Waals surface area contributed by atoms with Gasteiger partial charge in [-0.2, -0.15) is 0 Å². The van der Waals surface area contributed by atoms with Gasteiger partial charge in [0.1, 0.15) is 0 Å². The van der Waals surface area contributed by atoms with Crippen LogP contribution in [0.3, 0.4) is 0 Å². The maximum Gasteiger partial charge on any atom is 1.00 e. The molecule has 4 nitrogen and oxygen atoms in total. The van der Waals surface area contributed by atoms with E-state index in [0.29, 0.717) is 0 Å². The SMILES string of the molecule is O.O.O.[NH-]Cl.[Na+]. The summed E-state index contributed by atoms with van der Waals surface area (Å²) in [7, 11) is 0. The summed E-state index contributed by atoms with van der Waals surface area (Å²) in [4.78, 5) is 0. The van der Waals surface area contributed by atoms with E-state index in [0.717, 1.165) is 0 Å². The summed E-state index contributed by atoms with van der Waals surface area (Å²) in [5.41, 5.74) is 0. The minimum absolute atomic E-state index is 0. The molecule has 6 heteroatoms. The molecule has 0 amide bonds. The molecule has 0 heterocycles. The molecule has 38 valence electrons. The molecule has 0 atom stereocenters. The van der Waals surface area contributed by atoms with Gasteiger partial charge >= 0.3 is 29.6 Å². The van der Waals surface area contributed by atoms with Gasteiger partial charge in [-0.15, -0.1) is 0 Å². The van der Waals surface area contributed by atoms with E-state index in [1.165, 1.54) is 0 Å². The largest absolute Gasteiger partial charge is 1.00 e. The molecule has 6 heavy (non-hydrogen) atoms. The van der Waals surface area contributed by atoms with Crippen LogP contribution in [-0.4, -0.2) is 16.4 Å². The van der Waals surface area contributed by atoms with Crippen molar-refractivity contribution in [2.45, 2.75) is 0 Å². The van der Waals surface area contributed by atoms with E-state index >= 15 is 0 Å². The molecule has 0 aliphatic heterocycles. The quantitative estimate of drug-likeness (QED) is 0.293. The molecule has 0 saturated carbocycles. The Bertz CT molecular complexity index is 10.8. The standard InChI is InChI=1S/ClHN.Na.3H2O/c1-2;;;;/h2H;;3*1H2/q-1;+1;;;. The normalized spacial score (nSPS) is 1.00. The van der Waals surface area contributed by atoms with Crippen molar-refractivity contribution < 1.29 is 46.0 Å². The van der Waals surface area contributed by atoms with E-state index in [9.17, 15) is 0 Å². The number of hydrogen-bond donors (Lipinski definition) is 0. The molecule has 0 saturated heterocycles. The topological polar surface area (TPSA) is 118 Å². The maximum atomic E-state index is 5.22. The monoisotopic (exact) mass is 127 g/mol. The third kappa shape index (κ3) is 68.5. The van der Waals surface area contributed by atoms with E-state index in [-0.39, 0.29) is 46.0 Å². The van der Waals surface area contributed by atoms with Crippen LogP contribution in [0.1, 0.15) is 0 Å². The van der Waals surface area contributed by atoms with Crippen LogP contribution in [0.2, 0.25) is 0 Å². The van der Waals surface area contributed by atoms with Crippen molar-refractivity contribution in [3.63, 3.8) is 0 Å². The van der Waals surface area contributed by atoms with Gasteiger partial charge < -0.3 is 21.7 Å². The summed E-state index contributed by atoms with van der Waals surface area (Å²) in [6.07, 6.45) is 0. The van der Waals surface area contributed by atoms with Crippen LogP contribution < -0.4 is 29.6 Å². The predicted octanol–water partition coefficient (Wildman–Crippen LogP) is -4.28. The first-order valence-corrected chi connectivity index (χ1v) is 0.567. The summed E-state index contributed by atoms with van der Waals surface area (Å²) in [6, 6.07) is 0. The van der Waals surface area contributed by atoms with Gasteiger partial charge in [0, 0.05) is 0 Å².